The number of ether oxygens (including phenoxy) is 1. The number of rotatable bonds is 5. The van der Waals surface area contributed by atoms with E-state index < -0.39 is 4.92 Å². The van der Waals surface area contributed by atoms with Gasteiger partial charge in [-0.15, -0.1) is 0 Å². The van der Waals surface area contributed by atoms with Crippen LogP contribution in [0, 0.1) is 16.0 Å². The third-order valence-corrected chi connectivity index (χ3v) is 3.30. The number of nitrogens with zero attached hydrogens (tertiary/aromatic N) is 1. The summed E-state index contributed by atoms with van der Waals surface area (Å²) in [7, 11) is 0. The number of esters is 1. The first-order valence-electron chi connectivity index (χ1n) is 6.20. The summed E-state index contributed by atoms with van der Waals surface area (Å²) < 4.78 is 5.30. The highest BCUT2D eigenvalue weighted by Crippen LogP contribution is 2.29. The smallest absolute Gasteiger partial charge is 0.338 e. The van der Waals surface area contributed by atoms with E-state index >= 15 is 0 Å². The molecule has 19 heavy (non-hydrogen) atoms. The molecule has 0 saturated heterocycles. The van der Waals surface area contributed by atoms with Crippen molar-refractivity contribution in [2.75, 3.05) is 6.54 Å². The molecule has 0 amide bonds. The van der Waals surface area contributed by atoms with Gasteiger partial charge in [-0.3, -0.25) is 10.1 Å². The van der Waals surface area contributed by atoms with Crippen LogP contribution in [0.25, 0.3) is 0 Å². The maximum Gasteiger partial charge on any atom is 0.338 e. The number of nitrogens with two attached hydrogens (primary N) is 1. The van der Waals surface area contributed by atoms with Crippen molar-refractivity contribution in [1.82, 2.24) is 0 Å². The quantitative estimate of drug-likeness (QED) is 0.492. The number of carbonyl (C=O) groups is 1. The zero-order valence-electron chi connectivity index (χ0n) is 10.5. The SMILES string of the molecule is NCC1CC(OC(=O)c2ccc(C[N+](=O)[O-])cc2)C1. The zero-order valence-corrected chi connectivity index (χ0v) is 10.5. The lowest BCUT2D eigenvalue weighted by molar-refractivity contribution is -0.496. The topological polar surface area (TPSA) is 95.5 Å². The molecule has 0 radical (unpaired) electrons. The lowest BCUT2D eigenvalue weighted by atomic mass is 9.82. The molecule has 1 aromatic carbocycles. The average Bonchev–Trinajstić information content (AvgIpc) is 2.33. The van der Waals surface area contributed by atoms with Crippen molar-refractivity contribution < 1.29 is 14.5 Å². The molecule has 0 bridgehead atoms. The van der Waals surface area contributed by atoms with Gasteiger partial charge in [0.1, 0.15) is 6.10 Å². The molecule has 0 heterocycles. The van der Waals surface area contributed by atoms with E-state index in [4.69, 9.17) is 10.5 Å². The van der Waals surface area contributed by atoms with Crippen LogP contribution >= 0.6 is 0 Å². The number of hydrogen-bond donors (Lipinski definition) is 1. The Morgan fingerprint density at radius 1 is 1.37 bits per heavy atom. The molecule has 2 rings (SSSR count). The number of benzene rings is 1. The van der Waals surface area contributed by atoms with Gasteiger partial charge in [0.15, 0.2) is 0 Å². The monoisotopic (exact) mass is 264 g/mol. The minimum absolute atomic E-state index is 0.0421. The van der Waals surface area contributed by atoms with E-state index in [9.17, 15) is 14.9 Å². The largest absolute Gasteiger partial charge is 0.459 e. The fraction of sp³-hybridized carbons (Fsp3) is 0.462. The van der Waals surface area contributed by atoms with E-state index in [0.717, 1.165) is 12.8 Å². The molecule has 6 nitrogen and oxygen atoms in total. The molecule has 0 unspecified atom stereocenters. The van der Waals surface area contributed by atoms with Crippen molar-refractivity contribution in [3.63, 3.8) is 0 Å². The summed E-state index contributed by atoms with van der Waals surface area (Å²) in [5, 5.41) is 10.3. The van der Waals surface area contributed by atoms with Gasteiger partial charge in [0.2, 0.25) is 6.54 Å². The van der Waals surface area contributed by atoms with E-state index in [0.29, 0.717) is 23.6 Å². The zero-order chi connectivity index (χ0) is 13.8. The van der Waals surface area contributed by atoms with Crippen molar-refractivity contribution in [3.05, 3.63) is 45.5 Å². The van der Waals surface area contributed by atoms with Crippen molar-refractivity contribution in [2.24, 2.45) is 11.7 Å². The summed E-state index contributed by atoms with van der Waals surface area (Å²) in [5.74, 6) is 0.0772. The second-order valence-electron chi connectivity index (χ2n) is 4.79. The van der Waals surface area contributed by atoms with Gasteiger partial charge in [0.25, 0.3) is 0 Å². The summed E-state index contributed by atoms with van der Waals surface area (Å²) in [4.78, 5) is 21.7. The molecule has 0 atom stereocenters. The summed E-state index contributed by atoms with van der Waals surface area (Å²) in [6.45, 7) is 0.389. The molecule has 2 N–H and O–H groups in total. The summed E-state index contributed by atoms with van der Waals surface area (Å²) in [6, 6.07) is 6.26. The molecular formula is C13H16N2O4. The van der Waals surface area contributed by atoms with Crippen molar-refractivity contribution in [1.29, 1.82) is 0 Å². The Bertz CT molecular complexity index is 466. The Balaban J connectivity index is 1.87. The van der Waals surface area contributed by atoms with Gasteiger partial charge in [-0.1, -0.05) is 12.1 Å². The first-order chi connectivity index (χ1) is 9.08. The first kappa shape index (κ1) is 13.5. The molecule has 0 spiro atoms. The van der Waals surface area contributed by atoms with Crippen LogP contribution in [0.1, 0.15) is 28.8 Å². The molecular weight excluding hydrogens is 248 g/mol. The minimum Gasteiger partial charge on any atom is -0.459 e. The summed E-state index contributed by atoms with van der Waals surface area (Å²) in [5.41, 5.74) is 6.48. The second-order valence-corrected chi connectivity index (χ2v) is 4.79. The molecule has 1 saturated carbocycles. The Kier molecular flexibility index (Phi) is 4.11. The fourth-order valence-corrected chi connectivity index (χ4v) is 2.08. The Hall–Kier alpha value is -1.95. The molecule has 102 valence electrons. The summed E-state index contributed by atoms with van der Waals surface area (Å²) >= 11 is 0. The van der Waals surface area contributed by atoms with Crippen LogP contribution in [-0.2, 0) is 11.3 Å². The van der Waals surface area contributed by atoms with E-state index in [1.165, 1.54) is 0 Å². The highest BCUT2D eigenvalue weighted by Gasteiger charge is 2.31. The molecule has 1 fully saturated rings. The van der Waals surface area contributed by atoms with Gasteiger partial charge >= 0.3 is 5.97 Å². The minimum atomic E-state index is -0.408. The van der Waals surface area contributed by atoms with Gasteiger partial charge in [-0.2, -0.15) is 0 Å². The van der Waals surface area contributed by atoms with E-state index in [1.807, 2.05) is 0 Å². The molecule has 1 aliphatic rings. The van der Waals surface area contributed by atoms with Gasteiger partial charge in [0, 0.05) is 10.5 Å². The Morgan fingerprint density at radius 2 is 2.00 bits per heavy atom. The molecule has 0 aromatic heterocycles. The molecule has 0 aliphatic heterocycles. The number of nitro groups is 1. The normalized spacial score (nSPS) is 21.5. The number of carbonyl (C=O) groups excluding carboxylic acids is 1. The summed E-state index contributed by atoms with van der Waals surface area (Å²) in [6.07, 6.45) is 1.60. The van der Waals surface area contributed by atoms with Gasteiger partial charge in [-0.25, -0.2) is 4.79 Å². The first-order valence-corrected chi connectivity index (χ1v) is 6.20. The fourth-order valence-electron chi connectivity index (χ4n) is 2.08. The lowest BCUT2D eigenvalue weighted by Gasteiger charge is -2.33. The van der Waals surface area contributed by atoms with E-state index in [1.54, 1.807) is 24.3 Å². The van der Waals surface area contributed by atoms with Crippen LogP contribution in [0.2, 0.25) is 0 Å². The van der Waals surface area contributed by atoms with Crippen LogP contribution < -0.4 is 5.73 Å². The van der Waals surface area contributed by atoms with Gasteiger partial charge in [-0.05, 0) is 37.4 Å². The Labute approximate surface area is 110 Å². The second kappa shape index (κ2) is 5.79. The van der Waals surface area contributed by atoms with Gasteiger partial charge < -0.3 is 10.5 Å². The van der Waals surface area contributed by atoms with E-state index in [2.05, 4.69) is 0 Å². The van der Waals surface area contributed by atoms with Crippen molar-refractivity contribution in [2.45, 2.75) is 25.5 Å². The average molecular weight is 264 g/mol. The molecule has 1 aliphatic carbocycles. The maximum atomic E-state index is 11.8. The van der Waals surface area contributed by atoms with Crippen LogP contribution in [0.5, 0.6) is 0 Å². The van der Waals surface area contributed by atoms with Crippen LogP contribution in [-0.4, -0.2) is 23.5 Å². The maximum absolute atomic E-state index is 11.8. The highest BCUT2D eigenvalue weighted by atomic mass is 16.6. The third-order valence-electron chi connectivity index (χ3n) is 3.30. The standard InChI is InChI=1S/C13H16N2O4/c14-7-10-5-12(6-10)19-13(16)11-3-1-9(2-4-11)8-15(17)18/h1-4,10,12H,5-8,14H2. The third kappa shape index (κ3) is 3.51. The number of hydrogen-bond acceptors (Lipinski definition) is 5. The van der Waals surface area contributed by atoms with Gasteiger partial charge in [0.05, 0.1) is 5.56 Å². The van der Waals surface area contributed by atoms with Crippen molar-refractivity contribution >= 4 is 5.97 Å². The van der Waals surface area contributed by atoms with Crippen molar-refractivity contribution in [3.8, 4) is 0 Å². The predicted molar refractivity (Wildman–Crippen MR) is 68.1 cm³/mol. The predicted octanol–water partition coefficient (Wildman–Crippen LogP) is 1.36. The lowest BCUT2D eigenvalue weighted by Crippen LogP contribution is -2.37. The van der Waals surface area contributed by atoms with Crippen LogP contribution in [0.15, 0.2) is 24.3 Å². The van der Waals surface area contributed by atoms with Crippen LogP contribution in [0.3, 0.4) is 0 Å². The Morgan fingerprint density at radius 3 is 2.53 bits per heavy atom. The van der Waals surface area contributed by atoms with Crippen LogP contribution in [0.4, 0.5) is 0 Å². The van der Waals surface area contributed by atoms with E-state index in [-0.39, 0.29) is 18.6 Å². The molecule has 6 heteroatoms. The molecule has 1 aromatic rings. The highest BCUT2D eigenvalue weighted by molar-refractivity contribution is 5.89.